The van der Waals surface area contributed by atoms with Crippen molar-refractivity contribution in [2.75, 3.05) is 20.3 Å². The average Bonchev–Trinajstić information content (AvgIpc) is 3.59. The van der Waals surface area contributed by atoms with Gasteiger partial charge in [-0.3, -0.25) is 0 Å². The average molecular weight is 422 g/mol. The number of carbonyl (C=O) groups excluding carboxylic acids is 1. The normalized spacial score (nSPS) is 20.1. The molecule has 2 aliphatic rings. The summed E-state index contributed by atoms with van der Waals surface area (Å²) in [6, 6.07) is 6.82. The molecule has 158 valence electrons. The lowest BCUT2D eigenvalue weighted by Gasteiger charge is -2.05. The Morgan fingerprint density at radius 3 is 2.16 bits per heavy atom. The number of hydrogen-bond acceptors (Lipinski definition) is 10. The number of carbonyl (C=O) groups is 1. The van der Waals surface area contributed by atoms with E-state index < -0.39 is 12.0 Å². The number of ether oxygens (including phenoxy) is 3. The quantitative estimate of drug-likeness (QED) is 0.576. The van der Waals surface area contributed by atoms with Crippen LogP contribution in [0.25, 0.3) is 0 Å². The molecule has 0 amide bonds. The first-order valence-corrected chi connectivity index (χ1v) is 9.58. The summed E-state index contributed by atoms with van der Waals surface area (Å²) in [6.07, 6.45) is 2.84. The molecule has 2 unspecified atom stereocenters. The Bertz CT molecular complexity index is 1190. The van der Waals surface area contributed by atoms with Crippen molar-refractivity contribution >= 4 is 17.8 Å². The summed E-state index contributed by atoms with van der Waals surface area (Å²) in [5, 5.41) is 0. The highest BCUT2D eigenvalue weighted by Gasteiger charge is 2.29. The van der Waals surface area contributed by atoms with Gasteiger partial charge in [-0.1, -0.05) is 6.07 Å². The highest BCUT2D eigenvalue weighted by Crippen LogP contribution is 2.27. The molecule has 0 radical (unpaired) electrons. The fourth-order valence-corrected chi connectivity index (χ4v) is 3.27. The Morgan fingerprint density at radius 1 is 0.968 bits per heavy atom. The maximum absolute atomic E-state index is 11.6. The number of nitrogens with zero attached hydrogens (tertiary/aromatic N) is 4. The molecule has 31 heavy (non-hydrogen) atoms. The number of aromatic nitrogens is 2. The number of rotatable bonds is 5. The molecular formula is C21H18N4O6. The third-order valence-corrected chi connectivity index (χ3v) is 4.78. The van der Waals surface area contributed by atoms with Gasteiger partial charge in [0.05, 0.1) is 12.8 Å². The molecule has 0 aliphatic carbocycles. The minimum atomic E-state index is -0.568. The molecule has 10 heteroatoms. The molecule has 2 atom stereocenters. The third kappa shape index (κ3) is 3.67. The summed E-state index contributed by atoms with van der Waals surface area (Å²) in [6.45, 7) is 2.48. The molecule has 4 heterocycles. The molecule has 0 saturated heterocycles. The first-order chi connectivity index (χ1) is 15.1. The zero-order valence-corrected chi connectivity index (χ0v) is 16.8. The van der Waals surface area contributed by atoms with Gasteiger partial charge in [0.15, 0.2) is 17.8 Å². The van der Waals surface area contributed by atoms with Crippen molar-refractivity contribution in [3.05, 3.63) is 71.1 Å². The summed E-state index contributed by atoms with van der Waals surface area (Å²) < 4.78 is 26.9. The van der Waals surface area contributed by atoms with E-state index in [9.17, 15) is 4.79 Å². The van der Waals surface area contributed by atoms with Gasteiger partial charge >= 0.3 is 5.97 Å². The Labute approximate surface area is 176 Å². The summed E-state index contributed by atoms with van der Waals surface area (Å²) >= 11 is 0. The van der Waals surface area contributed by atoms with E-state index in [4.69, 9.17) is 18.3 Å². The molecular weight excluding hydrogens is 404 g/mol. The molecule has 1 aromatic carbocycles. The number of aryl methyl sites for hydroxylation is 1. The highest BCUT2D eigenvalue weighted by atomic mass is 16.5. The Balaban J connectivity index is 1.35. The molecule has 0 saturated carbocycles. The monoisotopic (exact) mass is 422 g/mol. The topological polar surface area (TPSA) is 122 Å². The maximum Gasteiger partial charge on any atom is 0.360 e. The predicted molar refractivity (Wildman–Crippen MR) is 106 cm³/mol. The number of methoxy groups -OCH3 is 1. The molecule has 0 N–H and O–H groups in total. The van der Waals surface area contributed by atoms with E-state index in [1.165, 1.54) is 13.4 Å². The summed E-state index contributed by atoms with van der Waals surface area (Å²) in [4.78, 5) is 29.1. The highest BCUT2D eigenvalue weighted by molar-refractivity contribution is 6.00. The van der Waals surface area contributed by atoms with Crippen molar-refractivity contribution in [3.63, 3.8) is 0 Å². The second-order valence-corrected chi connectivity index (χ2v) is 6.99. The summed E-state index contributed by atoms with van der Waals surface area (Å²) in [7, 11) is 1.28. The molecule has 5 rings (SSSR count). The van der Waals surface area contributed by atoms with E-state index in [0.717, 1.165) is 16.8 Å². The van der Waals surface area contributed by atoms with Crippen LogP contribution in [0.1, 0.15) is 51.2 Å². The second-order valence-electron chi connectivity index (χ2n) is 6.99. The van der Waals surface area contributed by atoms with Crippen molar-refractivity contribution in [2.24, 2.45) is 9.98 Å². The van der Waals surface area contributed by atoms with Crippen molar-refractivity contribution in [3.8, 4) is 0 Å². The number of esters is 1. The summed E-state index contributed by atoms with van der Waals surface area (Å²) in [5.74, 6) is 1.21. The Hall–Kier alpha value is -3.95. The van der Waals surface area contributed by atoms with Crippen LogP contribution < -0.4 is 0 Å². The van der Waals surface area contributed by atoms with Crippen molar-refractivity contribution in [1.82, 2.24) is 9.97 Å². The smallest absolute Gasteiger partial charge is 0.360 e. The van der Waals surface area contributed by atoms with Crippen LogP contribution in [0.3, 0.4) is 0 Å². The van der Waals surface area contributed by atoms with Crippen LogP contribution in [0.2, 0.25) is 0 Å². The fraction of sp³-hybridized carbons (Fsp3) is 0.286. The summed E-state index contributed by atoms with van der Waals surface area (Å²) in [5.41, 5.74) is 2.45. The van der Waals surface area contributed by atoms with Gasteiger partial charge in [-0.25, -0.2) is 24.7 Å². The standard InChI is InChI=1S/C21H18N4O6/c1-11-7-28-19(22-11)14-8-29-17(23-14)12-4-3-5-13(6-12)18-24-15(9-30-18)20-25-16(10-31-20)21(26)27-2/h3-7,10,14-15H,8-9H2,1-2H3. The first-order valence-electron chi connectivity index (χ1n) is 9.58. The van der Waals surface area contributed by atoms with Crippen LogP contribution in [0.5, 0.6) is 0 Å². The van der Waals surface area contributed by atoms with Gasteiger partial charge in [-0.2, -0.15) is 0 Å². The molecule has 0 fully saturated rings. The number of benzene rings is 1. The third-order valence-electron chi connectivity index (χ3n) is 4.78. The lowest BCUT2D eigenvalue weighted by molar-refractivity contribution is 0.0594. The molecule has 10 nitrogen and oxygen atoms in total. The maximum atomic E-state index is 11.6. The van der Waals surface area contributed by atoms with Gasteiger partial charge in [0.2, 0.25) is 23.6 Å². The molecule has 3 aromatic rings. The fourth-order valence-electron chi connectivity index (χ4n) is 3.27. The lowest BCUT2D eigenvalue weighted by Crippen LogP contribution is -2.06. The zero-order valence-electron chi connectivity index (χ0n) is 16.8. The Kier molecular flexibility index (Phi) is 4.73. The van der Waals surface area contributed by atoms with E-state index in [-0.39, 0.29) is 18.3 Å². The molecule has 2 aliphatic heterocycles. The van der Waals surface area contributed by atoms with Crippen LogP contribution in [-0.4, -0.2) is 48.1 Å². The number of oxazole rings is 2. The molecule has 0 spiro atoms. The van der Waals surface area contributed by atoms with E-state index in [2.05, 4.69) is 24.7 Å². The van der Waals surface area contributed by atoms with Crippen LogP contribution in [-0.2, 0) is 14.2 Å². The van der Waals surface area contributed by atoms with Crippen molar-refractivity contribution in [1.29, 1.82) is 0 Å². The van der Waals surface area contributed by atoms with Crippen molar-refractivity contribution in [2.45, 2.75) is 19.0 Å². The second kappa shape index (κ2) is 7.71. The minimum Gasteiger partial charge on any atom is -0.475 e. The lowest BCUT2D eigenvalue weighted by atomic mass is 10.1. The van der Waals surface area contributed by atoms with Gasteiger partial charge in [0.25, 0.3) is 0 Å². The van der Waals surface area contributed by atoms with Gasteiger partial charge in [0.1, 0.15) is 25.7 Å². The van der Waals surface area contributed by atoms with E-state index in [1.807, 2.05) is 31.2 Å². The van der Waals surface area contributed by atoms with E-state index in [1.54, 1.807) is 6.26 Å². The van der Waals surface area contributed by atoms with Gasteiger partial charge in [-0.05, 0) is 25.1 Å². The van der Waals surface area contributed by atoms with Crippen molar-refractivity contribution < 1.29 is 27.8 Å². The Morgan fingerprint density at radius 2 is 1.58 bits per heavy atom. The number of aliphatic imine (C=N–C) groups is 2. The molecule has 2 aromatic heterocycles. The van der Waals surface area contributed by atoms with Crippen LogP contribution in [0.4, 0.5) is 0 Å². The van der Waals surface area contributed by atoms with E-state index >= 15 is 0 Å². The molecule has 0 bridgehead atoms. The SMILES string of the molecule is COC(=O)c1coc(C2COC(c3cccc(C4=NC(c5nc(C)co5)CO4)c3)=N2)n1. The zero-order chi connectivity index (χ0) is 21.4. The van der Waals surface area contributed by atoms with E-state index in [0.29, 0.717) is 30.2 Å². The van der Waals surface area contributed by atoms with Crippen LogP contribution >= 0.6 is 0 Å². The van der Waals surface area contributed by atoms with Gasteiger partial charge in [-0.15, -0.1) is 0 Å². The largest absolute Gasteiger partial charge is 0.475 e. The van der Waals surface area contributed by atoms with Crippen LogP contribution in [0.15, 0.2) is 55.6 Å². The van der Waals surface area contributed by atoms with Gasteiger partial charge < -0.3 is 23.0 Å². The van der Waals surface area contributed by atoms with Crippen LogP contribution in [0, 0.1) is 6.92 Å². The first kappa shape index (κ1) is 19.0. The number of hydrogen-bond donors (Lipinski definition) is 0. The predicted octanol–water partition coefficient (Wildman–Crippen LogP) is 2.79. The minimum absolute atomic E-state index is 0.0929. The van der Waals surface area contributed by atoms with Gasteiger partial charge in [0, 0.05) is 11.1 Å².